The third kappa shape index (κ3) is 13.6. The standard InChI is InChI=1S/C22H24FN7.2C12H27P.Pd/c1-29-12-16(11-28-29)15-8-17(10-18(23)9-15)22(13-24)3-6-30(7-4-22)21-19-2-5-25-20(19)26-14-27-21;2*1-10(2,3)13(11(4,5)6)12(7,8)9;/h2,5,8-12,14H,3-4,6-7,13,24H2,1H3,(H,25,26,27);2*1-9H3;. The molecule has 57 heavy (non-hydrogen) atoms. The maximum atomic E-state index is 14.6. The molecule has 1 saturated heterocycles. The molecule has 0 spiro atoms. The molecule has 3 aromatic heterocycles. The summed E-state index contributed by atoms with van der Waals surface area (Å²) < 4.78 is 16.3. The molecule has 7 nitrogen and oxygen atoms in total. The van der Waals surface area contributed by atoms with Crippen molar-refractivity contribution in [1.82, 2.24) is 24.7 Å². The molecule has 0 atom stereocenters. The summed E-state index contributed by atoms with van der Waals surface area (Å²) in [5.74, 6) is 0.689. The number of benzene rings is 1. The molecule has 4 heterocycles. The van der Waals surface area contributed by atoms with Crippen LogP contribution in [0.15, 0.2) is 49.2 Å². The first-order valence-electron chi connectivity index (χ1n) is 20.5. The van der Waals surface area contributed by atoms with Crippen LogP contribution >= 0.6 is 15.8 Å². The minimum absolute atomic E-state index is 0. The predicted octanol–water partition coefficient (Wildman–Crippen LogP) is 12.7. The Morgan fingerprint density at radius 3 is 1.58 bits per heavy atom. The molecular formula is C46H78FN7P2Pd. The number of rotatable bonds is 4. The number of nitrogens with one attached hydrogen (secondary N) is 1. The van der Waals surface area contributed by atoms with Gasteiger partial charge in [-0.05, 0) is 73.1 Å². The summed E-state index contributed by atoms with van der Waals surface area (Å²) in [6.07, 6.45) is 8.78. The summed E-state index contributed by atoms with van der Waals surface area (Å²) in [5, 5.41) is 7.93. The van der Waals surface area contributed by atoms with E-state index in [1.807, 2.05) is 25.5 Å². The van der Waals surface area contributed by atoms with Gasteiger partial charge in [0.2, 0.25) is 0 Å². The zero-order valence-corrected chi connectivity index (χ0v) is 42.4. The molecule has 4 aromatic rings. The Hall–Kier alpha value is -1.74. The van der Waals surface area contributed by atoms with Crippen molar-refractivity contribution in [2.75, 3.05) is 24.5 Å². The van der Waals surface area contributed by atoms with Crippen molar-refractivity contribution in [3.8, 4) is 11.1 Å². The van der Waals surface area contributed by atoms with E-state index in [1.165, 1.54) is 0 Å². The van der Waals surface area contributed by atoms with E-state index in [9.17, 15) is 4.39 Å². The van der Waals surface area contributed by atoms with Crippen molar-refractivity contribution >= 4 is 32.7 Å². The summed E-state index contributed by atoms with van der Waals surface area (Å²) in [6.45, 7) is 45.0. The first-order valence-corrected chi connectivity index (χ1v) is 23.1. The molecule has 0 unspecified atom stereocenters. The number of hydrogen-bond donors (Lipinski definition) is 2. The Kier molecular flexibility index (Phi) is 17.0. The zero-order valence-electron chi connectivity index (χ0n) is 39.1. The summed E-state index contributed by atoms with van der Waals surface area (Å²) in [4.78, 5) is 14.2. The van der Waals surface area contributed by atoms with Crippen LogP contribution in [0.25, 0.3) is 22.2 Å². The molecule has 1 aromatic carbocycles. The average molecular weight is 917 g/mol. The van der Waals surface area contributed by atoms with E-state index in [4.69, 9.17) is 5.73 Å². The topological polar surface area (TPSA) is 88.6 Å². The van der Waals surface area contributed by atoms with Crippen LogP contribution < -0.4 is 10.6 Å². The molecule has 0 radical (unpaired) electrons. The maximum absolute atomic E-state index is 14.6. The van der Waals surface area contributed by atoms with Crippen molar-refractivity contribution in [3.05, 3.63) is 60.6 Å². The van der Waals surface area contributed by atoms with Crippen molar-refractivity contribution < 1.29 is 24.8 Å². The molecule has 1 aliphatic heterocycles. The van der Waals surface area contributed by atoms with Gasteiger partial charge < -0.3 is 15.6 Å². The van der Waals surface area contributed by atoms with Gasteiger partial charge in [0.05, 0.1) is 11.6 Å². The van der Waals surface area contributed by atoms with E-state index in [-0.39, 0.29) is 47.5 Å². The smallest absolute Gasteiger partial charge is 0.142 e. The van der Waals surface area contributed by atoms with Gasteiger partial charge >= 0.3 is 0 Å². The molecule has 1 aliphatic rings. The van der Waals surface area contributed by atoms with Crippen molar-refractivity contribution in [2.45, 2.75) is 174 Å². The van der Waals surface area contributed by atoms with Gasteiger partial charge in [-0.3, -0.25) is 4.68 Å². The number of H-pyrrole nitrogens is 1. The van der Waals surface area contributed by atoms with Crippen LogP contribution in [-0.2, 0) is 32.9 Å². The maximum Gasteiger partial charge on any atom is 0.142 e. The molecule has 1 fully saturated rings. The normalized spacial score (nSPS) is 15.5. The Labute approximate surface area is 363 Å². The molecular weight excluding hydrogens is 838 g/mol. The van der Waals surface area contributed by atoms with Crippen molar-refractivity contribution in [2.24, 2.45) is 12.8 Å². The van der Waals surface area contributed by atoms with Gasteiger partial charge in [0.15, 0.2) is 0 Å². The number of fused-ring (bicyclic) bond motifs is 1. The molecule has 0 aliphatic carbocycles. The van der Waals surface area contributed by atoms with Crippen LogP contribution in [0, 0.1) is 5.82 Å². The Morgan fingerprint density at radius 2 is 1.19 bits per heavy atom. The van der Waals surface area contributed by atoms with E-state index < -0.39 is 0 Å². The number of anilines is 1. The Morgan fingerprint density at radius 1 is 0.719 bits per heavy atom. The SMILES string of the molecule is CC(C)(C)P(C(C)(C)C)C(C)(C)C.CC(C)(C)P(C(C)(C)C)C(C)(C)C.Cn1cc(-c2cc(F)cc(C3(CN)CCN(c4ncnc5[nH]ccc45)CC3)c2)cn1.[Pd]. The van der Waals surface area contributed by atoms with E-state index in [0.29, 0.717) is 37.5 Å². The number of halogens is 1. The van der Waals surface area contributed by atoms with Crippen LogP contribution in [0.2, 0.25) is 0 Å². The van der Waals surface area contributed by atoms with Gasteiger partial charge in [0, 0.05) is 70.5 Å². The third-order valence-corrected chi connectivity index (χ3v) is 18.4. The number of aryl methyl sites for hydroxylation is 1. The predicted molar refractivity (Wildman–Crippen MR) is 247 cm³/mol. The summed E-state index contributed by atoms with van der Waals surface area (Å²) in [5.41, 5.74) is 9.54. The minimum Gasteiger partial charge on any atom is -0.356 e. The van der Waals surface area contributed by atoms with Gasteiger partial charge in [-0.15, -0.1) is 0 Å². The number of nitrogens with zero attached hydrogens (tertiary/aromatic N) is 5. The summed E-state index contributed by atoms with van der Waals surface area (Å²) in [6, 6.07) is 7.26. The van der Waals surface area contributed by atoms with Gasteiger partial charge in [-0.1, -0.05) is 147 Å². The van der Waals surface area contributed by atoms with E-state index in [1.54, 1.807) is 29.3 Å². The second-order valence-electron chi connectivity index (χ2n) is 21.7. The Balaban J connectivity index is 0.000000349. The number of aromatic amines is 1. The first kappa shape index (κ1) is 51.4. The fourth-order valence-electron chi connectivity index (χ4n) is 10.5. The van der Waals surface area contributed by atoms with Crippen LogP contribution in [0.1, 0.15) is 143 Å². The van der Waals surface area contributed by atoms with Gasteiger partial charge in [-0.25, -0.2) is 14.4 Å². The van der Waals surface area contributed by atoms with E-state index in [0.717, 1.165) is 59.5 Å². The van der Waals surface area contributed by atoms with E-state index in [2.05, 4.69) is 156 Å². The molecule has 11 heteroatoms. The van der Waals surface area contributed by atoms with Crippen LogP contribution in [0.5, 0.6) is 0 Å². The molecule has 0 bridgehead atoms. The zero-order chi connectivity index (χ0) is 42.9. The minimum atomic E-state index is -0.264. The van der Waals surface area contributed by atoms with Crippen molar-refractivity contribution in [3.63, 3.8) is 0 Å². The average Bonchev–Trinajstić information content (AvgIpc) is 3.66. The largest absolute Gasteiger partial charge is 0.356 e. The summed E-state index contributed by atoms with van der Waals surface area (Å²) in [7, 11) is 1.89. The van der Waals surface area contributed by atoms with Gasteiger partial charge in [-0.2, -0.15) is 5.10 Å². The second-order valence-corrected chi connectivity index (χ2v) is 31.1. The van der Waals surface area contributed by atoms with Crippen LogP contribution in [0.4, 0.5) is 10.2 Å². The fraction of sp³-hybridized carbons (Fsp3) is 0.674. The number of piperidine rings is 1. The van der Waals surface area contributed by atoms with Crippen LogP contribution in [-0.4, -0.2) is 75.3 Å². The number of hydrogen-bond acceptors (Lipinski definition) is 5. The Bertz CT molecular complexity index is 1740. The molecule has 0 saturated carbocycles. The van der Waals surface area contributed by atoms with E-state index >= 15 is 0 Å². The molecule has 5 rings (SSSR count). The second kappa shape index (κ2) is 18.9. The van der Waals surface area contributed by atoms with Gasteiger partial charge in [0.1, 0.15) is 23.6 Å². The number of nitrogens with two attached hydrogens (primary N) is 1. The van der Waals surface area contributed by atoms with Crippen molar-refractivity contribution in [1.29, 1.82) is 0 Å². The van der Waals surface area contributed by atoms with Gasteiger partial charge in [0.25, 0.3) is 0 Å². The molecule has 3 N–H and O–H groups in total. The first-order chi connectivity index (χ1) is 25.3. The monoisotopic (exact) mass is 915 g/mol. The number of aromatic nitrogens is 5. The molecule has 324 valence electrons. The summed E-state index contributed by atoms with van der Waals surface area (Å²) >= 11 is 0. The molecule has 0 amide bonds. The van der Waals surface area contributed by atoms with Crippen LogP contribution in [0.3, 0.4) is 0 Å². The third-order valence-electron chi connectivity index (χ3n) is 10.3. The quantitative estimate of drug-likeness (QED) is 0.157. The fourth-order valence-corrected chi connectivity index (χ4v) is 22.6.